The Balaban J connectivity index is 0.00000133. The van der Waals surface area contributed by atoms with Crippen LogP contribution in [0.2, 0.25) is 0 Å². The maximum absolute atomic E-state index is 12.4. The number of Topliss-reactive ketones (excluding diaryl/α,β-unsaturated/α-hetero) is 1. The summed E-state index contributed by atoms with van der Waals surface area (Å²) in [5.74, 6) is 0.0713. The van der Waals surface area contributed by atoms with Crippen LogP contribution in [0.25, 0.3) is 0 Å². The molecule has 1 atom stereocenters. The molecule has 2 aromatic rings. The van der Waals surface area contributed by atoms with Gasteiger partial charge in [-0.2, -0.15) is 0 Å². The Kier molecular flexibility index (Phi) is 3.74. The Morgan fingerprint density at radius 1 is 1.00 bits per heavy atom. The van der Waals surface area contributed by atoms with E-state index in [1.54, 1.807) is 0 Å². The Labute approximate surface area is 119 Å². The second-order valence-electron chi connectivity index (χ2n) is 4.98. The summed E-state index contributed by atoms with van der Waals surface area (Å²) >= 11 is 0. The van der Waals surface area contributed by atoms with E-state index in [4.69, 9.17) is 5.73 Å². The lowest BCUT2D eigenvalue weighted by Crippen LogP contribution is -2.48. The SMILES string of the molecule is Cl.NC1(Cc2ccccc2)Cc2ccccc2C1=O. The van der Waals surface area contributed by atoms with Gasteiger partial charge < -0.3 is 5.73 Å². The van der Waals surface area contributed by atoms with E-state index in [9.17, 15) is 4.79 Å². The first kappa shape index (κ1) is 13.8. The number of nitrogens with two attached hydrogens (primary N) is 1. The van der Waals surface area contributed by atoms with Crippen molar-refractivity contribution >= 4 is 18.2 Å². The molecule has 3 heteroatoms. The first-order valence-corrected chi connectivity index (χ1v) is 6.15. The number of carbonyl (C=O) groups excluding carboxylic acids is 1. The molecule has 3 rings (SSSR count). The molecule has 19 heavy (non-hydrogen) atoms. The van der Waals surface area contributed by atoms with E-state index < -0.39 is 5.54 Å². The molecule has 2 aromatic carbocycles. The third-order valence-corrected chi connectivity index (χ3v) is 3.58. The molecule has 0 bridgehead atoms. The summed E-state index contributed by atoms with van der Waals surface area (Å²) < 4.78 is 0. The number of halogens is 1. The standard InChI is InChI=1S/C16H15NO.ClH/c17-16(10-12-6-2-1-3-7-12)11-13-8-4-5-9-14(13)15(16)18;/h1-9H,10-11,17H2;1H. The van der Waals surface area contributed by atoms with Gasteiger partial charge in [0.25, 0.3) is 0 Å². The third kappa shape index (κ3) is 2.42. The Morgan fingerprint density at radius 3 is 2.32 bits per heavy atom. The van der Waals surface area contributed by atoms with E-state index in [0.717, 1.165) is 16.7 Å². The maximum atomic E-state index is 12.4. The molecule has 98 valence electrons. The largest absolute Gasteiger partial charge is 0.318 e. The van der Waals surface area contributed by atoms with Crippen molar-refractivity contribution in [3.8, 4) is 0 Å². The van der Waals surface area contributed by atoms with Gasteiger partial charge in [0, 0.05) is 5.56 Å². The smallest absolute Gasteiger partial charge is 0.183 e. The van der Waals surface area contributed by atoms with Crippen LogP contribution in [0.1, 0.15) is 21.5 Å². The van der Waals surface area contributed by atoms with Crippen LogP contribution in [0, 0.1) is 0 Å². The lowest BCUT2D eigenvalue weighted by Gasteiger charge is -2.21. The minimum absolute atomic E-state index is 0. The molecule has 0 radical (unpaired) electrons. The minimum Gasteiger partial charge on any atom is -0.318 e. The van der Waals surface area contributed by atoms with Gasteiger partial charge in [0.05, 0.1) is 5.54 Å². The Bertz CT molecular complexity index is 597. The van der Waals surface area contributed by atoms with Gasteiger partial charge in [-0.1, -0.05) is 54.6 Å². The van der Waals surface area contributed by atoms with Crippen molar-refractivity contribution in [3.05, 3.63) is 71.3 Å². The summed E-state index contributed by atoms with van der Waals surface area (Å²) in [5.41, 5.74) is 8.53. The molecule has 2 N–H and O–H groups in total. The number of hydrogen-bond acceptors (Lipinski definition) is 2. The van der Waals surface area contributed by atoms with E-state index in [0.29, 0.717) is 12.8 Å². The second-order valence-corrected chi connectivity index (χ2v) is 4.98. The van der Waals surface area contributed by atoms with Gasteiger partial charge in [0.2, 0.25) is 0 Å². The highest BCUT2D eigenvalue weighted by Gasteiger charge is 2.41. The zero-order valence-corrected chi connectivity index (χ0v) is 11.3. The van der Waals surface area contributed by atoms with E-state index in [1.165, 1.54) is 0 Å². The Morgan fingerprint density at radius 2 is 1.63 bits per heavy atom. The molecule has 0 spiro atoms. The molecular weight excluding hydrogens is 258 g/mol. The van der Waals surface area contributed by atoms with Crippen molar-refractivity contribution in [3.63, 3.8) is 0 Å². The number of rotatable bonds is 2. The van der Waals surface area contributed by atoms with Gasteiger partial charge >= 0.3 is 0 Å². The fourth-order valence-corrected chi connectivity index (χ4v) is 2.69. The number of ketones is 1. The topological polar surface area (TPSA) is 43.1 Å². The maximum Gasteiger partial charge on any atom is 0.183 e. The van der Waals surface area contributed by atoms with Crippen LogP contribution in [0.5, 0.6) is 0 Å². The van der Waals surface area contributed by atoms with Gasteiger partial charge in [-0.05, 0) is 24.0 Å². The van der Waals surface area contributed by atoms with Crippen LogP contribution in [0.4, 0.5) is 0 Å². The van der Waals surface area contributed by atoms with Crippen LogP contribution < -0.4 is 5.73 Å². The van der Waals surface area contributed by atoms with E-state index in [-0.39, 0.29) is 18.2 Å². The molecule has 0 aromatic heterocycles. The van der Waals surface area contributed by atoms with Crippen molar-refractivity contribution in [1.82, 2.24) is 0 Å². The molecule has 0 aliphatic heterocycles. The van der Waals surface area contributed by atoms with Crippen molar-refractivity contribution < 1.29 is 4.79 Å². The molecule has 0 saturated carbocycles. The number of carbonyl (C=O) groups is 1. The molecule has 1 unspecified atom stereocenters. The molecule has 1 aliphatic carbocycles. The highest BCUT2D eigenvalue weighted by molar-refractivity contribution is 6.07. The fraction of sp³-hybridized carbons (Fsp3) is 0.188. The summed E-state index contributed by atoms with van der Waals surface area (Å²) in [6, 6.07) is 17.7. The first-order chi connectivity index (χ1) is 8.69. The molecule has 0 heterocycles. The number of hydrogen-bond donors (Lipinski definition) is 1. The van der Waals surface area contributed by atoms with Crippen molar-refractivity contribution in [2.24, 2.45) is 5.73 Å². The first-order valence-electron chi connectivity index (χ1n) is 6.15. The second kappa shape index (κ2) is 5.16. The predicted octanol–water partition coefficient (Wildman–Crippen LogP) is 2.79. The number of benzene rings is 2. The van der Waals surface area contributed by atoms with Crippen molar-refractivity contribution in [1.29, 1.82) is 0 Å². The molecular formula is C16H16ClNO. The average Bonchev–Trinajstić information content (AvgIpc) is 2.63. The summed E-state index contributed by atoms with van der Waals surface area (Å²) in [6.07, 6.45) is 1.23. The minimum atomic E-state index is -0.773. The van der Waals surface area contributed by atoms with Crippen LogP contribution in [-0.4, -0.2) is 11.3 Å². The molecule has 0 fully saturated rings. The lowest BCUT2D eigenvalue weighted by molar-refractivity contribution is 0.0907. The van der Waals surface area contributed by atoms with Gasteiger partial charge in [-0.25, -0.2) is 0 Å². The fourth-order valence-electron chi connectivity index (χ4n) is 2.69. The summed E-state index contributed by atoms with van der Waals surface area (Å²) in [6.45, 7) is 0. The Hall–Kier alpha value is -1.64. The van der Waals surface area contributed by atoms with Gasteiger partial charge in [0.1, 0.15) is 0 Å². The monoisotopic (exact) mass is 273 g/mol. The van der Waals surface area contributed by atoms with Crippen LogP contribution in [0.3, 0.4) is 0 Å². The predicted molar refractivity (Wildman–Crippen MR) is 78.8 cm³/mol. The summed E-state index contributed by atoms with van der Waals surface area (Å²) in [7, 11) is 0. The highest BCUT2D eigenvalue weighted by atomic mass is 35.5. The van der Waals surface area contributed by atoms with Crippen LogP contribution in [-0.2, 0) is 12.8 Å². The van der Waals surface area contributed by atoms with E-state index in [2.05, 4.69) is 0 Å². The van der Waals surface area contributed by atoms with Gasteiger partial charge in [-0.15, -0.1) is 12.4 Å². The van der Waals surface area contributed by atoms with E-state index in [1.807, 2.05) is 54.6 Å². The van der Waals surface area contributed by atoms with Crippen molar-refractivity contribution in [2.45, 2.75) is 18.4 Å². The van der Waals surface area contributed by atoms with Gasteiger partial charge in [0.15, 0.2) is 5.78 Å². The summed E-state index contributed by atoms with van der Waals surface area (Å²) in [4.78, 5) is 12.4. The highest BCUT2D eigenvalue weighted by Crippen LogP contribution is 2.30. The molecule has 0 amide bonds. The van der Waals surface area contributed by atoms with E-state index >= 15 is 0 Å². The van der Waals surface area contributed by atoms with Gasteiger partial charge in [-0.3, -0.25) is 4.79 Å². The third-order valence-electron chi connectivity index (χ3n) is 3.58. The lowest BCUT2D eigenvalue weighted by atomic mass is 9.88. The zero-order chi connectivity index (χ0) is 12.6. The molecule has 1 aliphatic rings. The van der Waals surface area contributed by atoms with Crippen LogP contribution in [0.15, 0.2) is 54.6 Å². The molecule has 2 nitrogen and oxygen atoms in total. The average molecular weight is 274 g/mol. The zero-order valence-electron chi connectivity index (χ0n) is 10.5. The molecule has 0 saturated heterocycles. The number of fused-ring (bicyclic) bond motifs is 1. The van der Waals surface area contributed by atoms with Crippen molar-refractivity contribution in [2.75, 3.05) is 0 Å². The summed E-state index contributed by atoms with van der Waals surface area (Å²) in [5, 5.41) is 0. The normalized spacial score (nSPS) is 20.8. The quantitative estimate of drug-likeness (QED) is 0.914. The van der Waals surface area contributed by atoms with Crippen LogP contribution >= 0.6 is 12.4 Å².